The van der Waals surface area contributed by atoms with E-state index in [1.807, 2.05) is 0 Å². The highest BCUT2D eigenvalue weighted by Gasteiger charge is 2.20. The molecule has 11 heteroatoms. The third kappa shape index (κ3) is 5.20. The Morgan fingerprint density at radius 1 is 0.939 bits per heavy atom. The molecule has 0 unspecified atom stereocenters. The minimum atomic E-state index is -0.329. The molecule has 174 valence electrons. The second-order valence-electron chi connectivity index (χ2n) is 6.40. The minimum Gasteiger partial charge on any atom is -0.493 e. The maximum absolute atomic E-state index is 12.3. The number of carbonyl (C=O) groups excluding carboxylic acids is 1. The predicted molar refractivity (Wildman–Crippen MR) is 126 cm³/mol. The Kier molecular flexibility index (Phi) is 7.78. The summed E-state index contributed by atoms with van der Waals surface area (Å²) in [6.07, 6.45) is 1.53. The second-order valence-corrected chi connectivity index (χ2v) is 7.26. The van der Waals surface area contributed by atoms with E-state index in [0.717, 1.165) is 0 Å². The van der Waals surface area contributed by atoms with Gasteiger partial charge >= 0.3 is 0 Å². The van der Waals surface area contributed by atoms with E-state index >= 15 is 0 Å². The van der Waals surface area contributed by atoms with Crippen molar-refractivity contribution in [1.82, 2.24) is 15.3 Å². The summed E-state index contributed by atoms with van der Waals surface area (Å²) in [5.41, 5.74) is 0.891. The summed E-state index contributed by atoms with van der Waals surface area (Å²) in [6, 6.07) is 8.45. The highest BCUT2D eigenvalue weighted by atomic mass is 79.9. The number of hydrogen-bond donors (Lipinski definition) is 2. The molecule has 1 heterocycles. The number of nitrogens with zero attached hydrogens (tertiary/aromatic N) is 2. The number of rotatable bonds is 9. The van der Waals surface area contributed by atoms with E-state index in [4.69, 9.17) is 23.7 Å². The van der Waals surface area contributed by atoms with Crippen LogP contribution in [0.4, 0.5) is 11.6 Å². The summed E-state index contributed by atoms with van der Waals surface area (Å²) < 4.78 is 28.0. The van der Waals surface area contributed by atoms with Crippen LogP contribution in [-0.2, 0) is 0 Å². The van der Waals surface area contributed by atoms with Gasteiger partial charge < -0.3 is 34.3 Å². The van der Waals surface area contributed by atoms with E-state index in [2.05, 4.69) is 36.5 Å². The van der Waals surface area contributed by atoms with Crippen LogP contribution < -0.4 is 34.3 Å². The molecule has 0 atom stereocenters. The van der Waals surface area contributed by atoms with Gasteiger partial charge in [0, 0.05) is 24.9 Å². The molecular formula is C22H23BrN4O6. The Balaban J connectivity index is 1.98. The standard InChI is InChI=1S/C22H23BrN4O6/c1-24-20(28)13-7-6-8-15(29-2)18(13)33-21-14(23)11-25-22(27-21)26-12-9-16(30-3)19(32-5)17(10-12)31-4/h6-11H,1-5H3,(H,24,28)(H,25,26,27). The number of aromatic nitrogens is 2. The van der Waals surface area contributed by atoms with E-state index in [1.54, 1.807) is 30.3 Å². The number of carbonyl (C=O) groups is 1. The van der Waals surface area contributed by atoms with Gasteiger partial charge in [-0.25, -0.2) is 4.98 Å². The fraction of sp³-hybridized carbons (Fsp3) is 0.227. The average Bonchev–Trinajstić information content (AvgIpc) is 2.84. The van der Waals surface area contributed by atoms with Crippen LogP contribution in [0.5, 0.6) is 34.6 Å². The first kappa shape index (κ1) is 23.9. The molecule has 0 saturated heterocycles. The number of amides is 1. The number of methoxy groups -OCH3 is 4. The number of halogens is 1. The molecule has 2 aromatic carbocycles. The van der Waals surface area contributed by atoms with Crippen LogP contribution in [0.1, 0.15) is 10.4 Å². The summed E-state index contributed by atoms with van der Waals surface area (Å²) in [5.74, 6) is 2.08. The van der Waals surface area contributed by atoms with Crippen molar-refractivity contribution in [1.29, 1.82) is 0 Å². The molecule has 0 radical (unpaired) electrons. The molecule has 10 nitrogen and oxygen atoms in total. The molecule has 0 spiro atoms. The second kappa shape index (κ2) is 10.7. The molecule has 1 aromatic heterocycles. The van der Waals surface area contributed by atoms with Crippen molar-refractivity contribution in [2.24, 2.45) is 0 Å². The molecular weight excluding hydrogens is 496 g/mol. The van der Waals surface area contributed by atoms with Crippen LogP contribution in [0, 0.1) is 0 Å². The monoisotopic (exact) mass is 518 g/mol. The maximum Gasteiger partial charge on any atom is 0.254 e. The molecule has 3 rings (SSSR count). The predicted octanol–water partition coefficient (Wildman–Crippen LogP) is 4.17. The molecule has 2 N–H and O–H groups in total. The summed E-state index contributed by atoms with van der Waals surface area (Å²) in [7, 11) is 7.61. The van der Waals surface area contributed by atoms with Gasteiger partial charge in [-0.2, -0.15) is 4.98 Å². The molecule has 0 aliphatic carbocycles. The van der Waals surface area contributed by atoms with Crippen LogP contribution >= 0.6 is 15.9 Å². The molecule has 3 aromatic rings. The first-order valence-corrected chi connectivity index (χ1v) is 10.4. The summed E-state index contributed by atoms with van der Waals surface area (Å²) in [4.78, 5) is 21.0. The number of benzene rings is 2. The van der Waals surface area contributed by atoms with Crippen molar-refractivity contribution in [2.75, 3.05) is 40.8 Å². The highest BCUT2D eigenvalue weighted by molar-refractivity contribution is 9.10. The molecule has 1 amide bonds. The van der Waals surface area contributed by atoms with Crippen molar-refractivity contribution < 1.29 is 28.5 Å². The van der Waals surface area contributed by atoms with Crippen LogP contribution in [0.25, 0.3) is 0 Å². The van der Waals surface area contributed by atoms with Gasteiger partial charge in [-0.15, -0.1) is 0 Å². The van der Waals surface area contributed by atoms with Crippen LogP contribution in [0.3, 0.4) is 0 Å². The summed E-state index contributed by atoms with van der Waals surface area (Å²) in [6.45, 7) is 0. The van der Waals surface area contributed by atoms with E-state index in [-0.39, 0.29) is 23.5 Å². The molecule has 0 bridgehead atoms. The smallest absolute Gasteiger partial charge is 0.254 e. The number of ether oxygens (including phenoxy) is 5. The lowest BCUT2D eigenvalue weighted by molar-refractivity contribution is 0.0960. The van der Waals surface area contributed by atoms with Gasteiger partial charge in [0.2, 0.25) is 17.6 Å². The van der Waals surface area contributed by atoms with Gasteiger partial charge in [0.05, 0.1) is 44.7 Å². The lowest BCUT2D eigenvalue weighted by Crippen LogP contribution is -2.18. The molecule has 0 saturated carbocycles. The van der Waals surface area contributed by atoms with Gasteiger partial charge in [0.25, 0.3) is 5.91 Å². The summed E-state index contributed by atoms with van der Waals surface area (Å²) >= 11 is 3.39. The Bertz CT molecular complexity index is 1130. The lowest BCUT2D eigenvalue weighted by Gasteiger charge is -2.16. The quantitative estimate of drug-likeness (QED) is 0.430. The zero-order chi connectivity index (χ0) is 24.0. The van der Waals surface area contributed by atoms with Crippen LogP contribution in [0.15, 0.2) is 41.0 Å². The van der Waals surface area contributed by atoms with E-state index in [0.29, 0.717) is 38.7 Å². The third-order valence-electron chi connectivity index (χ3n) is 4.50. The first-order valence-electron chi connectivity index (χ1n) is 9.62. The third-order valence-corrected chi connectivity index (χ3v) is 5.05. The van der Waals surface area contributed by atoms with Crippen molar-refractivity contribution in [3.63, 3.8) is 0 Å². The normalized spacial score (nSPS) is 10.2. The Morgan fingerprint density at radius 2 is 1.61 bits per heavy atom. The molecule has 0 aliphatic rings. The van der Waals surface area contributed by atoms with Crippen molar-refractivity contribution in [2.45, 2.75) is 0 Å². The van der Waals surface area contributed by atoms with E-state index in [1.165, 1.54) is 41.7 Å². The highest BCUT2D eigenvalue weighted by Crippen LogP contribution is 2.41. The number of nitrogens with one attached hydrogen (secondary N) is 2. The molecule has 0 aliphatic heterocycles. The van der Waals surface area contributed by atoms with E-state index in [9.17, 15) is 4.79 Å². The average molecular weight is 519 g/mol. The lowest BCUT2D eigenvalue weighted by atomic mass is 10.1. The molecule has 0 fully saturated rings. The van der Waals surface area contributed by atoms with Crippen molar-refractivity contribution in [3.05, 3.63) is 46.6 Å². The maximum atomic E-state index is 12.3. The summed E-state index contributed by atoms with van der Waals surface area (Å²) in [5, 5.41) is 5.67. The number of para-hydroxylation sites is 1. The van der Waals surface area contributed by atoms with Crippen molar-refractivity contribution >= 4 is 33.5 Å². The van der Waals surface area contributed by atoms with Gasteiger partial charge in [-0.05, 0) is 28.1 Å². The fourth-order valence-electron chi connectivity index (χ4n) is 2.96. The SMILES string of the molecule is CNC(=O)c1cccc(OC)c1Oc1nc(Nc2cc(OC)c(OC)c(OC)c2)ncc1Br. The minimum absolute atomic E-state index is 0.176. The van der Waals surface area contributed by atoms with Gasteiger partial charge in [0.15, 0.2) is 23.0 Å². The zero-order valence-electron chi connectivity index (χ0n) is 18.7. The van der Waals surface area contributed by atoms with Crippen LogP contribution in [-0.4, -0.2) is 51.4 Å². The van der Waals surface area contributed by atoms with E-state index < -0.39 is 0 Å². The van der Waals surface area contributed by atoms with Gasteiger partial charge in [-0.1, -0.05) is 6.07 Å². The number of anilines is 2. The Hall–Kier alpha value is -3.73. The fourth-order valence-corrected chi connectivity index (χ4v) is 3.23. The van der Waals surface area contributed by atoms with Crippen molar-refractivity contribution in [3.8, 4) is 34.6 Å². The Morgan fingerprint density at radius 3 is 2.18 bits per heavy atom. The topological polar surface area (TPSA) is 113 Å². The Labute approximate surface area is 199 Å². The number of hydrogen-bond acceptors (Lipinski definition) is 9. The molecule has 33 heavy (non-hydrogen) atoms. The van der Waals surface area contributed by atoms with Crippen LogP contribution in [0.2, 0.25) is 0 Å². The first-order chi connectivity index (χ1) is 15.9. The zero-order valence-corrected chi connectivity index (χ0v) is 20.3. The van der Waals surface area contributed by atoms with Gasteiger partial charge in [-0.3, -0.25) is 4.79 Å². The largest absolute Gasteiger partial charge is 0.493 e. The van der Waals surface area contributed by atoms with Gasteiger partial charge in [0.1, 0.15) is 0 Å².